The van der Waals surface area contributed by atoms with E-state index in [0.717, 1.165) is 36.0 Å². The first-order valence-electron chi connectivity index (χ1n) is 5.91. The fourth-order valence-electron chi connectivity index (χ4n) is 1.94. The summed E-state index contributed by atoms with van der Waals surface area (Å²) in [7, 11) is 0. The van der Waals surface area contributed by atoms with Crippen LogP contribution in [0.25, 0.3) is 0 Å². The molecule has 0 aliphatic carbocycles. The zero-order chi connectivity index (χ0) is 12.3. The average molecular weight is 223 g/mol. The summed E-state index contributed by atoms with van der Waals surface area (Å²) in [5.41, 5.74) is 2.83. The number of hydrogen-bond donors (Lipinski definition) is 1. The Morgan fingerprint density at radius 1 is 1.12 bits per heavy atom. The summed E-state index contributed by atoms with van der Waals surface area (Å²) >= 11 is 0. The molecule has 0 fully saturated rings. The zero-order valence-corrected chi connectivity index (χ0v) is 10.6. The van der Waals surface area contributed by atoms with Gasteiger partial charge in [0, 0.05) is 11.1 Å². The lowest BCUT2D eigenvalue weighted by Gasteiger charge is -2.13. The quantitative estimate of drug-likeness (QED) is 0.630. The Labute approximate surface area is 96.7 Å². The van der Waals surface area contributed by atoms with Gasteiger partial charge in [-0.2, -0.15) is 4.73 Å². The minimum atomic E-state index is 0.0939. The van der Waals surface area contributed by atoms with Crippen LogP contribution in [0.2, 0.25) is 0 Å². The third kappa shape index (κ3) is 2.29. The van der Waals surface area contributed by atoms with Crippen LogP contribution in [0.5, 0.6) is 0 Å². The van der Waals surface area contributed by atoms with Crippen LogP contribution >= 0.6 is 0 Å². The van der Waals surface area contributed by atoms with Gasteiger partial charge < -0.3 is 5.21 Å². The van der Waals surface area contributed by atoms with Gasteiger partial charge in [0.1, 0.15) is 0 Å². The number of pyridine rings is 1. The predicted octanol–water partition coefficient (Wildman–Crippen LogP) is 2.74. The zero-order valence-electron chi connectivity index (χ0n) is 10.6. The molecule has 0 bridgehead atoms. The molecule has 1 heterocycles. The molecule has 1 N–H and O–H groups in total. The molecule has 3 nitrogen and oxygen atoms in total. The van der Waals surface area contributed by atoms with Crippen molar-refractivity contribution in [2.24, 2.45) is 0 Å². The van der Waals surface area contributed by atoms with Crippen molar-refractivity contribution in [2.45, 2.75) is 53.4 Å². The van der Waals surface area contributed by atoms with E-state index < -0.39 is 0 Å². The maximum Gasteiger partial charge on any atom is 0.188 e. The van der Waals surface area contributed by atoms with Crippen molar-refractivity contribution in [3.63, 3.8) is 0 Å². The van der Waals surface area contributed by atoms with Crippen molar-refractivity contribution >= 4 is 0 Å². The Morgan fingerprint density at radius 2 is 1.75 bits per heavy atom. The first kappa shape index (κ1) is 12.8. The molecule has 1 rings (SSSR count). The number of aromatic nitrogens is 1. The van der Waals surface area contributed by atoms with Gasteiger partial charge in [-0.05, 0) is 33.6 Å². The number of unbranched alkanes of at least 4 members (excludes halogenated alkanes) is 2. The van der Waals surface area contributed by atoms with E-state index in [1.54, 1.807) is 20.8 Å². The maximum atomic E-state index is 12.0. The van der Waals surface area contributed by atoms with Crippen LogP contribution < -0.4 is 5.43 Å². The highest BCUT2D eigenvalue weighted by Gasteiger charge is 2.13. The van der Waals surface area contributed by atoms with E-state index in [0.29, 0.717) is 17.0 Å². The van der Waals surface area contributed by atoms with Gasteiger partial charge in [0.05, 0.1) is 11.4 Å². The summed E-state index contributed by atoms with van der Waals surface area (Å²) in [6.07, 6.45) is 4.03. The smallest absolute Gasteiger partial charge is 0.188 e. The van der Waals surface area contributed by atoms with Crippen molar-refractivity contribution < 1.29 is 5.21 Å². The Morgan fingerprint density at radius 3 is 2.31 bits per heavy atom. The molecule has 0 unspecified atom stereocenters. The second kappa shape index (κ2) is 5.19. The van der Waals surface area contributed by atoms with Gasteiger partial charge in [-0.1, -0.05) is 19.8 Å². The Hall–Kier alpha value is -1.25. The van der Waals surface area contributed by atoms with Crippen LogP contribution in [0.3, 0.4) is 0 Å². The Bertz CT molecular complexity index is 433. The van der Waals surface area contributed by atoms with Crippen LogP contribution in [-0.4, -0.2) is 9.94 Å². The van der Waals surface area contributed by atoms with Gasteiger partial charge in [0.2, 0.25) is 0 Å². The first-order valence-corrected chi connectivity index (χ1v) is 5.91. The average Bonchev–Trinajstić information content (AvgIpc) is 2.28. The van der Waals surface area contributed by atoms with Crippen molar-refractivity contribution in [3.05, 3.63) is 32.7 Å². The van der Waals surface area contributed by atoms with E-state index >= 15 is 0 Å². The molecule has 0 saturated heterocycles. The molecule has 90 valence electrons. The standard InChI is InChI=1S/C13H21NO2/c1-5-6-7-8-12-11(4)14(16)10(3)9(2)13(12)15/h16H,5-8H2,1-4H3. The SMILES string of the molecule is CCCCCc1c(C)n(O)c(C)c(C)c1=O. The molecule has 3 heteroatoms. The summed E-state index contributed by atoms with van der Waals surface area (Å²) < 4.78 is 1.14. The molecule has 0 saturated carbocycles. The molecule has 0 aromatic carbocycles. The van der Waals surface area contributed by atoms with Crippen LogP contribution in [-0.2, 0) is 6.42 Å². The molecule has 16 heavy (non-hydrogen) atoms. The molecule has 1 aromatic rings. The van der Waals surface area contributed by atoms with Gasteiger partial charge in [-0.25, -0.2) is 0 Å². The molecule has 0 spiro atoms. The molecular formula is C13H21NO2. The molecule has 0 aliphatic rings. The Kier molecular flexibility index (Phi) is 4.16. The maximum absolute atomic E-state index is 12.0. The van der Waals surface area contributed by atoms with Gasteiger partial charge in [0.15, 0.2) is 5.43 Å². The highest BCUT2D eigenvalue weighted by Crippen LogP contribution is 2.12. The monoisotopic (exact) mass is 223 g/mol. The minimum absolute atomic E-state index is 0.0939. The molecule has 0 atom stereocenters. The largest absolute Gasteiger partial charge is 0.428 e. The molecule has 0 radical (unpaired) electrons. The number of rotatable bonds is 4. The van der Waals surface area contributed by atoms with E-state index in [4.69, 9.17) is 0 Å². The molecular weight excluding hydrogens is 202 g/mol. The highest BCUT2D eigenvalue weighted by atomic mass is 16.5. The number of nitrogens with zero attached hydrogens (tertiary/aromatic N) is 1. The lowest BCUT2D eigenvalue weighted by Crippen LogP contribution is -2.22. The topological polar surface area (TPSA) is 42.2 Å². The molecule has 0 aliphatic heterocycles. The van der Waals surface area contributed by atoms with E-state index in [2.05, 4.69) is 6.92 Å². The van der Waals surface area contributed by atoms with Crippen molar-refractivity contribution in [2.75, 3.05) is 0 Å². The minimum Gasteiger partial charge on any atom is -0.428 e. The number of hydrogen-bond acceptors (Lipinski definition) is 2. The molecule has 0 amide bonds. The van der Waals surface area contributed by atoms with Crippen molar-refractivity contribution in [1.29, 1.82) is 0 Å². The van der Waals surface area contributed by atoms with Crippen LogP contribution in [0.15, 0.2) is 4.79 Å². The summed E-state index contributed by atoms with van der Waals surface area (Å²) in [6, 6.07) is 0. The summed E-state index contributed by atoms with van der Waals surface area (Å²) in [5, 5.41) is 9.83. The second-order valence-electron chi connectivity index (χ2n) is 4.37. The van der Waals surface area contributed by atoms with E-state index in [1.807, 2.05) is 0 Å². The van der Waals surface area contributed by atoms with E-state index in [1.165, 1.54) is 0 Å². The van der Waals surface area contributed by atoms with E-state index in [-0.39, 0.29) is 5.43 Å². The van der Waals surface area contributed by atoms with Gasteiger partial charge >= 0.3 is 0 Å². The third-order valence-electron chi connectivity index (χ3n) is 3.26. The summed E-state index contributed by atoms with van der Waals surface area (Å²) in [4.78, 5) is 12.0. The van der Waals surface area contributed by atoms with Gasteiger partial charge in [0.25, 0.3) is 0 Å². The normalized spacial score (nSPS) is 10.8. The van der Waals surface area contributed by atoms with Crippen molar-refractivity contribution in [3.8, 4) is 0 Å². The second-order valence-corrected chi connectivity index (χ2v) is 4.37. The van der Waals surface area contributed by atoms with Crippen LogP contribution in [0.1, 0.15) is 48.7 Å². The Balaban J connectivity index is 3.14. The van der Waals surface area contributed by atoms with E-state index in [9.17, 15) is 10.0 Å². The summed E-state index contributed by atoms with van der Waals surface area (Å²) in [6.45, 7) is 7.47. The van der Waals surface area contributed by atoms with Gasteiger partial charge in [-0.15, -0.1) is 0 Å². The predicted molar refractivity (Wildman–Crippen MR) is 65.3 cm³/mol. The van der Waals surface area contributed by atoms with Crippen LogP contribution in [0.4, 0.5) is 0 Å². The van der Waals surface area contributed by atoms with Crippen molar-refractivity contribution in [1.82, 2.24) is 4.73 Å². The van der Waals surface area contributed by atoms with Gasteiger partial charge in [-0.3, -0.25) is 4.79 Å². The lowest BCUT2D eigenvalue weighted by molar-refractivity contribution is 0.169. The fourth-order valence-corrected chi connectivity index (χ4v) is 1.94. The fraction of sp³-hybridized carbons (Fsp3) is 0.615. The molecule has 1 aromatic heterocycles. The first-order chi connectivity index (χ1) is 7.50. The third-order valence-corrected chi connectivity index (χ3v) is 3.26. The highest BCUT2D eigenvalue weighted by molar-refractivity contribution is 5.29. The van der Waals surface area contributed by atoms with Crippen LogP contribution in [0, 0.1) is 20.8 Å². The summed E-state index contributed by atoms with van der Waals surface area (Å²) in [5.74, 6) is 0. The lowest BCUT2D eigenvalue weighted by atomic mass is 10.0.